The molecule has 0 aromatic heterocycles. The molecule has 0 amide bonds. The van der Waals surface area contributed by atoms with Gasteiger partial charge in [-0.05, 0) is 0 Å². The van der Waals surface area contributed by atoms with E-state index in [2.05, 4.69) is 4.33 Å². The van der Waals surface area contributed by atoms with Crippen LogP contribution in [-0.4, -0.2) is 131 Å². The fraction of sp³-hybridized carbons (Fsp3) is 0.600. The maximum Gasteiger partial charge on any atom is 2.00 e. The molecule has 140 valence electrons. The van der Waals surface area contributed by atoms with Gasteiger partial charge in [0.05, 0.1) is 0 Å². The average molecular weight is 448 g/mol. The van der Waals surface area contributed by atoms with Crippen LogP contribution in [0.1, 0.15) is 22.3 Å². The van der Waals surface area contributed by atoms with Gasteiger partial charge < -0.3 is 20.9 Å². The smallest absolute Gasteiger partial charge is 0.870 e. The third-order valence-corrected chi connectivity index (χ3v) is 0.843. The van der Waals surface area contributed by atoms with Crippen molar-refractivity contribution in [3.05, 3.63) is 0 Å². The first-order valence-electron chi connectivity index (χ1n) is 2.52. The van der Waals surface area contributed by atoms with Gasteiger partial charge in [-0.3, -0.25) is 9.11 Å². The Morgan fingerprint density at radius 2 is 1.04 bits per heavy atom. The Morgan fingerprint density at radius 1 is 1.00 bits per heavy atom. The van der Waals surface area contributed by atoms with E-state index in [1.54, 1.807) is 0 Å². The Labute approximate surface area is 184 Å². The number of aliphatic hydroxyl groups excluding tert-OH is 1. The zero-order valence-corrected chi connectivity index (χ0v) is 15.3. The summed E-state index contributed by atoms with van der Waals surface area (Å²) in [6.07, 6.45) is 0.250. The van der Waals surface area contributed by atoms with Crippen molar-refractivity contribution >= 4 is 98.6 Å². The van der Waals surface area contributed by atoms with E-state index in [1.165, 1.54) is 0 Å². The van der Waals surface area contributed by atoms with Crippen molar-refractivity contribution in [2.45, 2.75) is 22.3 Å². The van der Waals surface area contributed by atoms with Crippen LogP contribution in [-0.2, 0) is 33.6 Å². The standard InChI is InChI=1S/CHO2.CO2.3CH4.2Ca.2H2O4S.2H2O/c2*2-1-3;;;;;;1-5(2,3)4;1-4-5(2)3;;/h(H,2,3);;3*1H4;;;(H2,1,2,3,4);1H,(H,2,3);2*1H2/q-1;;;;;;+2;;;;/p-1. The molecule has 0 aliphatic carbocycles. The molecule has 18 heteroatoms. The van der Waals surface area contributed by atoms with Gasteiger partial charge in [-0.25, -0.2) is 0 Å². The third-order valence-electron chi connectivity index (χ3n) is 0.116. The van der Waals surface area contributed by atoms with Crippen LogP contribution >= 0.6 is 0 Å². The van der Waals surface area contributed by atoms with Crippen LogP contribution in [0.4, 0.5) is 0 Å². The molecule has 1 atom stereocenters. The van der Waals surface area contributed by atoms with Crippen molar-refractivity contribution < 1.29 is 66.3 Å². The van der Waals surface area contributed by atoms with Gasteiger partial charge in [0.25, 0.3) is 0 Å². The van der Waals surface area contributed by atoms with Crippen LogP contribution < -0.4 is 0 Å². The zero-order valence-electron chi connectivity index (χ0n) is 9.27. The topological polar surface area (TPSA) is 274 Å². The first-order chi connectivity index (χ1) is 7.39. The second kappa shape index (κ2) is 43.6. The second-order valence-electron chi connectivity index (χ2n) is 1.28. The largest absolute Gasteiger partial charge is 2.00 e. The molecular formula is C5H20Ca2O14S2. The van der Waals surface area contributed by atoms with Crippen molar-refractivity contribution in [3.63, 3.8) is 0 Å². The van der Waals surface area contributed by atoms with E-state index in [-0.39, 0.29) is 110 Å². The van der Waals surface area contributed by atoms with Crippen LogP contribution in [0.25, 0.3) is 0 Å². The molecule has 0 heterocycles. The minimum absolute atomic E-state index is 0. The van der Waals surface area contributed by atoms with Gasteiger partial charge in [-0.2, -0.15) is 18.0 Å². The van der Waals surface area contributed by atoms with Crippen LogP contribution in [0.5, 0.6) is 0 Å². The van der Waals surface area contributed by atoms with Gasteiger partial charge in [0.2, 0.25) is 0 Å². The molecule has 8 N–H and O–H groups in total. The maximum atomic E-state index is 9.69. The van der Waals surface area contributed by atoms with E-state index in [9.17, 15) is 4.21 Å². The third kappa shape index (κ3) is 593. The quantitative estimate of drug-likeness (QED) is 0.0967. The summed E-state index contributed by atoms with van der Waals surface area (Å²) >= 11 is 0.0312. The normalized spacial score (nSPS) is 8.61. The number of carbonyl (C=O) groups excluding carboxylic acids is 2. The van der Waals surface area contributed by atoms with Gasteiger partial charge in [-0.15, -0.1) is 0 Å². The van der Waals surface area contributed by atoms with E-state index in [4.69, 9.17) is 46.8 Å². The molecule has 0 fully saturated rings. The summed E-state index contributed by atoms with van der Waals surface area (Å²) in [5.74, 6) is 0. The summed E-state index contributed by atoms with van der Waals surface area (Å²) in [6, 6.07) is 0. The predicted molar refractivity (Wildman–Crippen MR) is 79.2 cm³/mol. The summed E-state index contributed by atoms with van der Waals surface area (Å²) in [5, 5.41) is 14.2. The molecular weight excluding hydrogens is 428 g/mol. The molecule has 0 aromatic rings. The summed E-state index contributed by atoms with van der Waals surface area (Å²) in [6.45, 7) is 0.500. The Bertz CT molecular complexity index is 389. The van der Waals surface area contributed by atoms with Crippen molar-refractivity contribution in [2.24, 2.45) is 0 Å². The van der Waals surface area contributed by atoms with Crippen LogP contribution in [0.2, 0.25) is 0 Å². The van der Waals surface area contributed by atoms with Gasteiger partial charge in [0.1, 0.15) is 0 Å². The van der Waals surface area contributed by atoms with Crippen molar-refractivity contribution in [2.75, 3.05) is 0 Å². The van der Waals surface area contributed by atoms with Crippen LogP contribution in [0.3, 0.4) is 0 Å². The minimum atomic E-state index is -4.67. The summed E-state index contributed by atoms with van der Waals surface area (Å²) < 4.78 is 49.1. The van der Waals surface area contributed by atoms with E-state index >= 15 is 0 Å². The van der Waals surface area contributed by atoms with E-state index in [1.807, 2.05) is 0 Å². The number of hydrogen-bond acceptors (Lipinski definition) is 9. The molecule has 0 aromatic carbocycles. The molecule has 23 heavy (non-hydrogen) atoms. The predicted octanol–water partition coefficient (Wildman–Crippen LogP) is -1.87. The Hall–Kier alpha value is 1.19. The second-order valence-corrected chi connectivity index (χ2v) is 6.91. The minimum Gasteiger partial charge on any atom is -0.870 e. The van der Waals surface area contributed by atoms with Gasteiger partial charge >= 0.3 is 110 Å². The Kier molecular flexibility index (Phi) is 122. The SMILES string of the molecule is C.C.C.O.O=C=O.O=S(=O)(O)O.O=[C-]O.O=[S](O)(=[Ca])OO.[Ca+2].[OH-]. The summed E-state index contributed by atoms with van der Waals surface area (Å²) in [4.78, 5) is 24.5. The molecule has 0 spiro atoms. The monoisotopic (exact) mass is 448 g/mol. The molecule has 0 saturated carbocycles. The Morgan fingerprint density at radius 3 is 1.04 bits per heavy atom. The summed E-state index contributed by atoms with van der Waals surface area (Å²) in [7, 11) is -4.67. The Balaban J connectivity index is -0.0000000116. The molecule has 14 nitrogen and oxygen atoms in total. The molecule has 0 rings (SSSR count). The number of rotatable bonds is 1. The average Bonchev–Trinajstić information content (AvgIpc) is 2.02. The fourth-order valence-corrected chi connectivity index (χ4v) is 0. The molecule has 0 radical (unpaired) electrons. The molecule has 0 bridgehead atoms. The van der Waals surface area contributed by atoms with Gasteiger partial charge in [0, 0.05) is 0 Å². The van der Waals surface area contributed by atoms with E-state index < -0.39 is 14.9 Å². The fourth-order valence-electron chi connectivity index (χ4n) is 0. The summed E-state index contributed by atoms with van der Waals surface area (Å²) in [5.41, 5.74) is 0. The first-order valence-corrected chi connectivity index (χ1v) is 8.23. The molecule has 0 aliphatic heterocycles. The van der Waals surface area contributed by atoms with Crippen LogP contribution in [0, 0.1) is 0 Å². The maximum absolute atomic E-state index is 9.69. The number of hydrogen-bond donors (Lipinski definition) is 5. The molecule has 0 aliphatic rings. The van der Waals surface area contributed by atoms with Gasteiger partial charge in [0.15, 0.2) is 0 Å². The van der Waals surface area contributed by atoms with Crippen LogP contribution in [0.15, 0.2) is 0 Å². The first kappa shape index (κ1) is 64.6. The van der Waals surface area contributed by atoms with Crippen molar-refractivity contribution in [3.8, 4) is 0 Å². The van der Waals surface area contributed by atoms with Crippen molar-refractivity contribution in [1.29, 1.82) is 0 Å². The van der Waals surface area contributed by atoms with E-state index in [0.717, 1.165) is 0 Å². The molecule has 0 saturated heterocycles. The molecule has 1 unspecified atom stereocenters. The van der Waals surface area contributed by atoms with E-state index in [0.29, 0.717) is 6.47 Å². The van der Waals surface area contributed by atoms with Crippen molar-refractivity contribution in [1.82, 2.24) is 0 Å². The van der Waals surface area contributed by atoms with Gasteiger partial charge in [-0.1, -0.05) is 28.8 Å². The zero-order chi connectivity index (χ0) is 15.1.